The molecule has 0 saturated heterocycles. The molecule has 0 aliphatic rings. The molecule has 3 rings (SSSR count). The van der Waals surface area contributed by atoms with Crippen molar-refractivity contribution in [2.24, 2.45) is 5.92 Å². The fraction of sp³-hybridized carbons (Fsp3) is 0.261. The van der Waals surface area contributed by atoms with Gasteiger partial charge in [-0.1, -0.05) is 43.7 Å². The average Bonchev–Trinajstić information content (AvgIpc) is 2.74. The van der Waals surface area contributed by atoms with Crippen molar-refractivity contribution in [1.29, 1.82) is 0 Å². The van der Waals surface area contributed by atoms with Crippen molar-refractivity contribution in [3.8, 4) is 0 Å². The number of nitrogens with zero attached hydrogens (tertiary/aromatic N) is 2. The Morgan fingerprint density at radius 1 is 1.03 bits per heavy atom. The number of aromatic nitrogens is 2. The number of anilines is 4. The predicted octanol–water partition coefficient (Wildman–Crippen LogP) is 4.54. The van der Waals surface area contributed by atoms with Crippen molar-refractivity contribution in [3.05, 3.63) is 71.5 Å². The van der Waals surface area contributed by atoms with E-state index in [9.17, 15) is 4.79 Å². The van der Waals surface area contributed by atoms with E-state index in [-0.39, 0.29) is 5.97 Å². The number of aryl methyl sites for hydroxylation is 1. The highest BCUT2D eigenvalue weighted by molar-refractivity contribution is 5.90. The maximum Gasteiger partial charge on any atom is 0.338 e. The quantitative estimate of drug-likeness (QED) is 0.473. The van der Waals surface area contributed by atoms with Gasteiger partial charge in [0.2, 0.25) is 0 Å². The van der Waals surface area contributed by atoms with Gasteiger partial charge in [0.15, 0.2) is 11.6 Å². The van der Waals surface area contributed by atoms with Gasteiger partial charge in [-0.05, 0) is 42.7 Å². The van der Waals surface area contributed by atoms with E-state index in [0.717, 1.165) is 11.3 Å². The molecule has 0 radical (unpaired) electrons. The summed E-state index contributed by atoms with van der Waals surface area (Å²) in [5, 5.41) is 6.41. The zero-order valence-corrected chi connectivity index (χ0v) is 17.5. The fourth-order valence-corrected chi connectivity index (χ4v) is 2.68. The molecule has 2 aromatic carbocycles. The number of nitrogens with one attached hydrogen (secondary N) is 2. The first-order chi connectivity index (χ1) is 14.4. The van der Waals surface area contributed by atoms with Crippen molar-refractivity contribution < 1.29 is 9.53 Å². The summed E-state index contributed by atoms with van der Waals surface area (Å²) in [6.07, 6.45) is 1.45. The summed E-state index contributed by atoms with van der Waals surface area (Å²) in [6, 6.07) is 15.2. The Labute approximate surface area is 176 Å². The largest absolute Gasteiger partial charge is 0.462 e. The third-order valence-electron chi connectivity index (χ3n) is 4.40. The molecule has 0 fully saturated rings. The van der Waals surface area contributed by atoms with Gasteiger partial charge >= 0.3 is 5.97 Å². The van der Waals surface area contributed by atoms with Gasteiger partial charge < -0.3 is 21.1 Å². The Morgan fingerprint density at radius 3 is 2.37 bits per heavy atom. The number of carbonyl (C=O) groups is 1. The van der Waals surface area contributed by atoms with Crippen LogP contribution in [0.25, 0.3) is 0 Å². The average molecular weight is 406 g/mol. The monoisotopic (exact) mass is 405 g/mol. The van der Waals surface area contributed by atoms with Gasteiger partial charge in [0.25, 0.3) is 0 Å². The lowest BCUT2D eigenvalue weighted by atomic mass is 10.1. The maximum atomic E-state index is 12.0. The highest BCUT2D eigenvalue weighted by Crippen LogP contribution is 2.26. The number of nitrogens with two attached hydrogens (primary N) is 1. The zero-order valence-electron chi connectivity index (χ0n) is 17.5. The highest BCUT2D eigenvalue weighted by Gasteiger charge is 2.11. The second-order valence-corrected chi connectivity index (χ2v) is 7.52. The van der Waals surface area contributed by atoms with E-state index < -0.39 is 0 Å². The first-order valence-electron chi connectivity index (χ1n) is 9.86. The molecule has 0 aliphatic carbocycles. The van der Waals surface area contributed by atoms with Crippen LogP contribution in [0.15, 0.2) is 54.9 Å². The van der Waals surface area contributed by atoms with Crippen LogP contribution in [0.2, 0.25) is 0 Å². The zero-order chi connectivity index (χ0) is 21.5. The lowest BCUT2D eigenvalue weighted by Gasteiger charge is -2.13. The number of carbonyl (C=O) groups excluding carboxylic acids is 1. The molecule has 4 N–H and O–H groups in total. The van der Waals surface area contributed by atoms with Crippen LogP contribution in [-0.2, 0) is 11.3 Å². The molecule has 0 aliphatic heterocycles. The number of hydrogen-bond donors (Lipinski definition) is 3. The Morgan fingerprint density at radius 2 is 1.70 bits per heavy atom. The molecular formula is C23H27N5O2. The van der Waals surface area contributed by atoms with Gasteiger partial charge in [-0.2, -0.15) is 0 Å². The van der Waals surface area contributed by atoms with E-state index in [1.807, 2.05) is 13.8 Å². The summed E-state index contributed by atoms with van der Waals surface area (Å²) in [5.41, 5.74) is 10.3. The van der Waals surface area contributed by atoms with E-state index in [0.29, 0.717) is 42.0 Å². The van der Waals surface area contributed by atoms with Crippen LogP contribution in [0.5, 0.6) is 0 Å². The van der Waals surface area contributed by atoms with Crippen molar-refractivity contribution in [3.63, 3.8) is 0 Å². The summed E-state index contributed by atoms with van der Waals surface area (Å²) in [7, 11) is 0. The van der Waals surface area contributed by atoms with Crippen LogP contribution in [0.4, 0.5) is 23.0 Å². The van der Waals surface area contributed by atoms with E-state index >= 15 is 0 Å². The van der Waals surface area contributed by atoms with Crippen molar-refractivity contribution in [2.75, 3.05) is 23.0 Å². The predicted molar refractivity (Wildman–Crippen MR) is 120 cm³/mol. The van der Waals surface area contributed by atoms with E-state index in [1.165, 1.54) is 11.9 Å². The van der Waals surface area contributed by atoms with Gasteiger partial charge in [-0.3, -0.25) is 0 Å². The summed E-state index contributed by atoms with van der Waals surface area (Å²) in [6.45, 7) is 7.05. The molecule has 0 saturated carbocycles. The van der Waals surface area contributed by atoms with Crippen LogP contribution in [0.3, 0.4) is 0 Å². The van der Waals surface area contributed by atoms with Crippen molar-refractivity contribution >= 4 is 29.0 Å². The van der Waals surface area contributed by atoms with Crippen LogP contribution < -0.4 is 16.4 Å². The number of ether oxygens (including phenoxy) is 1. The topological polar surface area (TPSA) is 102 Å². The Bertz CT molecular complexity index is 985. The molecule has 0 bridgehead atoms. The van der Waals surface area contributed by atoms with Crippen molar-refractivity contribution in [2.45, 2.75) is 27.3 Å². The molecule has 30 heavy (non-hydrogen) atoms. The third-order valence-corrected chi connectivity index (χ3v) is 4.40. The summed E-state index contributed by atoms with van der Waals surface area (Å²) < 4.78 is 5.24. The molecule has 3 aromatic rings. The van der Waals surface area contributed by atoms with E-state index in [2.05, 4.69) is 51.8 Å². The molecule has 156 valence electrons. The first kappa shape index (κ1) is 21.1. The molecule has 0 amide bonds. The number of esters is 1. The van der Waals surface area contributed by atoms with Gasteiger partial charge in [0.05, 0.1) is 12.2 Å². The molecule has 1 heterocycles. The summed E-state index contributed by atoms with van der Waals surface area (Å²) in [4.78, 5) is 20.5. The van der Waals surface area contributed by atoms with Crippen LogP contribution in [-0.4, -0.2) is 22.5 Å². The lowest BCUT2D eigenvalue weighted by molar-refractivity contribution is 0.0459. The molecule has 1 aromatic heterocycles. The maximum absolute atomic E-state index is 12.0. The molecule has 7 nitrogen and oxygen atoms in total. The van der Waals surface area contributed by atoms with Crippen molar-refractivity contribution in [1.82, 2.24) is 9.97 Å². The molecule has 0 unspecified atom stereocenters. The Kier molecular flexibility index (Phi) is 6.85. The van der Waals surface area contributed by atoms with Crippen LogP contribution in [0, 0.1) is 12.8 Å². The molecule has 0 atom stereocenters. The number of benzene rings is 2. The number of hydrogen-bond acceptors (Lipinski definition) is 7. The standard InChI is InChI=1S/C23H27N5O2/c1-15(2)13-30-23(29)18-8-10-19(11-9-18)28-22-20(24)21(26-14-27-22)25-12-17-6-4-16(3)5-7-17/h4-11,14-15H,12-13,24H2,1-3H3,(H2,25,26,27,28). The summed E-state index contributed by atoms with van der Waals surface area (Å²) in [5.74, 6) is 1.01. The third kappa shape index (κ3) is 5.70. The van der Waals surface area contributed by atoms with Crippen LogP contribution >= 0.6 is 0 Å². The van der Waals surface area contributed by atoms with Gasteiger partial charge in [-0.25, -0.2) is 14.8 Å². The Hall–Kier alpha value is -3.61. The minimum Gasteiger partial charge on any atom is -0.462 e. The molecule has 7 heteroatoms. The van der Waals surface area contributed by atoms with Gasteiger partial charge in [0.1, 0.15) is 12.0 Å². The molecular weight excluding hydrogens is 378 g/mol. The van der Waals surface area contributed by atoms with E-state index in [1.54, 1.807) is 24.3 Å². The minimum absolute atomic E-state index is 0.296. The second-order valence-electron chi connectivity index (χ2n) is 7.52. The number of nitrogen functional groups attached to an aromatic ring is 1. The number of rotatable bonds is 8. The smallest absolute Gasteiger partial charge is 0.338 e. The Balaban J connectivity index is 1.64. The minimum atomic E-state index is -0.334. The fourth-order valence-electron chi connectivity index (χ4n) is 2.68. The summed E-state index contributed by atoms with van der Waals surface area (Å²) >= 11 is 0. The normalized spacial score (nSPS) is 10.7. The van der Waals surface area contributed by atoms with Crippen LogP contribution in [0.1, 0.15) is 35.3 Å². The van der Waals surface area contributed by atoms with E-state index in [4.69, 9.17) is 10.5 Å². The second kappa shape index (κ2) is 9.73. The van der Waals surface area contributed by atoms with Gasteiger partial charge in [0, 0.05) is 12.2 Å². The highest BCUT2D eigenvalue weighted by atomic mass is 16.5. The molecule has 0 spiro atoms. The lowest BCUT2D eigenvalue weighted by Crippen LogP contribution is -2.10. The first-order valence-corrected chi connectivity index (χ1v) is 9.86. The van der Waals surface area contributed by atoms with Gasteiger partial charge in [-0.15, -0.1) is 0 Å². The SMILES string of the molecule is Cc1ccc(CNc2ncnc(Nc3ccc(C(=O)OCC(C)C)cc3)c2N)cc1.